The van der Waals surface area contributed by atoms with Crippen LogP contribution in [0.15, 0.2) is 64.2 Å². The normalized spacial score (nSPS) is 10.7. The Kier molecular flexibility index (Phi) is 5.50. The first-order chi connectivity index (χ1) is 9.75. The number of hydrogen-bond donors (Lipinski definition) is 1. The molecule has 0 bridgehead atoms. The number of nitrogens with zero attached hydrogens (tertiary/aromatic N) is 1. The molecule has 20 heavy (non-hydrogen) atoms. The van der Waals surface area contributed by atoms with Gasteiger partial charge in [0.05, 0.1) is 0 Å². The van der Waals surface area contributed by atoms with Crippen molar-refractivity contribution < 1.29 is 4.79 Å². The van der Waals surface area contributed by atoms with Gasteiger partial charge in [-0.2, -0.15) is 5.10 Å². The van der Waals surface area contributed by atoms with Crippen molar-refractivity contribution in [1.82, 2.24) is 5.43 Å². The van der Waals surface area contributed by atoms with Crippen LogP contribution in [0.25, 0.3) is 0 Å². The summed E-state index contributed by atoms with van der Waals surface area (Å²) in [4.78, 5) is 11.8. The molecule has 0 saturated heterocycles. The molecule has 0 atom stereocenters. The summed E-state index contributed by atoms with van der Waals surface area (Å²) in [5.74, 6) is -0.206. The number of rotatable bonds is 5. The third-order valence-corrected chi connectivity index (χ3v) is 3.24. The number of aryl methyl sites for hydroxylation is 1. The van der Waals surface area contributed by atoms with Gasteiger partial charge in [-0.05, 0) is 36.6 Å². The molecule has 0 spiro atoms. The Balaban J connectivity index is 1.77. The van der Waals surface area contributed by atoms with Crippen molar-refractivity contribution in [3.05, 3.63) is 70.2 Å². The van der Waals surface area contributed by atoms with Crippen molar-refractivity contribution in [2.24, 2.45) is 5.10 Å². The van der Waals surface area contributed by atoms with Gasteiger partial charge in [0.2, 0.25) is 0 Å². The molecule has 3 nitrogen and oxygen atoms in total. The summed E-state index contributed by atoms with van der Waals surface area (Å²) in [5, 5.41) is 3.95. The highest BCUT2D eigenvalue weighted by Gasteiger charge is 2.03. The highest BCUT2D eigenvalue weighted by Crippen LogP contribution is 2.11. The van der Waals surface area contributed by atoms with E-state index in [1.54, 1.807) is 18.3 Å². The minimum atomic E-state index is -0.206. The zero-order valence-corrected chi connectivity index (χ0v) is 12.5. The molecular formula is C16H15BrN2O. The van der Waals surface area contributed by atoms with Crippen LogP contribution in [0, 0.1) is 0 Å². The van der Waals surface area contributed by atoms with Crippen molar-refractivity contribution in [2.45, 2.75) is 12.8 Å². The lowest BCUT2D eigenvalue weighted by Gasteiger charge is -2.00. The van der Waals surface area contributed by atoms with Gasteiger partial charge in [0.15, 0.2) is 0 Å². The van der Waals surface area contributed by atoms with Crippen LogP contribution in [0.2, 0.25) is 0 Å². The van der Waals surface area contributed by atoms with Crippen molar-refractivity contribution >= 4 is 28.1 Å². The van der Waals surface area contributed by atoms with Gasteiger partial charge in [0.1, 0.15) is 0 Å². The zero-order chi connectivity index (χ0) is 14.2. The van der Waals surface area contributed by atoms with Crippen LogP contribution in [-0.2, 0) is 6.42 Å². The maximum atomic E-state index is 11.8. The van der Waals surface area contributed by atoms with Gasteiger partial charge in [-0.25, -0.2) is 5.43 Å². The highest BCUT2D eigenvalue weighted by atomic mass is 79.9. The van der Waals surface area contributed by atoms with Crippen LogP contribution < -0.4 is 5.43 Å². The monoisotopic (exact) mass is 330 g/mol. The molecule has 0 aliphatic carbocycles. The first-order valence-corrected chi connectivity index (χ1v) is 7.16. The first-order valence-electron chi connectivity index (χ1n) is 6.37. The molecule has 1 amide bonds. The van der Waals surface area contributed by atoms with E-state index in [9.17, 15) is 4.79 Å². The van der Waals surface area contributed by atoms with E-state index < -0.39 is 0 Å². The van der Waals surface area contributed by atoms with Gasteiger partial charge < -0.3 is 0 Å². The maximum Gasteiger partial charge on any atom is 0.271 e. The molecule has 0 radical (unpaired) electrons. The van der Waals surface area contributed by atoms with Crippen LogP contribution in [-0.4, -0.2) is 12.1 Å². The van der Waals surface area contributed by atoms with E-state index in [4.69, 9.17) is 0 Å². The summed E-state index contributed by atoms with van der Waals surface area (Å²) in [6.45, 7) is 0. The van der Waals surface area contributed by atoms with Crippen LogP contribution in [0.1, 0.15) is 22.3 Å². The van der Waals surface area contributed by atoms with Crippen molar-refractivity contribution in [2.75, 3.05) is 0 Å². The smallest absolute Gasteiger partial charge is 0.267 e. The Morgan fingerprint density at radius 3 is 2.70 bits per heavy atom. The number of carbonyl (C=O) groups excluding carboxylic acids is 1. The lowest BCUT2D eigenvalue weighted by molar-refractivity contribution is 0.0955. The summed E-state index contributed by atoms with van der Waals surface area (Å²) in [5.41, 5.74) is 4.37. The topological polar surface area (TPSA) is 41.5 Å². The second kappa shape index (κ2) is 7.60. The predicted octanol–water partition coefficient (Wildman–Crippen LogP) is 3.80. The number of amides is 1. The van der Waals surface area contributed by atoms with E-state index in [2.05, 4.69) is 38.6 Å². The lowest BCUT2D eigenvalue weighted by atomic mass is 10.1. The molecule has 102 valence electrons. The number of halogens is 1. The Labute approximate surface area is 126 Å². The van der Waals surface area contributed by atoms with Gasteiger partial charge in [0, 0.05) is 16.3 Å². The van der Waals surface area contributed by atoms with Crippen molar-refractivity contribution in [1.29, 1.82) is 0 Å². The third kappa shape index (κ3) is 4.63. The standard InChI is InChI=1S/C16H15BrN2O/c17-15-10-4-9-14(12-15)16(20)19-18-11-5-8-13-6-2-1-3-7-13/h1-4,6-7,9-12H,5,8H2,(H,19,20)/b18-11-. The Bertz CT molecular complexity index is 596. The average molecular weight is 331 g/mol. The van der Waals surface area contributed by atoms with Crippen molar-refractivity contribution in [3.63, 3.8) is 0 Å². The lowest BCUT2D eigenvalue weighted by Crippen LogP contribution is -2.17. The SMILES string of the molecule is O=C(N/N=C\CCc1ccccc1)c1cccc(Br)c1. The molecule has 2 rings (SSSR count). The van der Waals surface area contributed by atoms with E-state index in [1.807, 2.05) is 30.3 Å². The quantitative estimate of drug-likeness (QED) is 0.657. The molecule has 0 aliphatic heterocycles. The molecule has 1 N–H and O–H groups in total. The van der Waals surface area contributed by atoms with Crippen molar-refractivity contribution in [3.8, 4) is 0 Å². The molecule has 0 fully saturated rings. The minimum absolute atomic E-state index is 0.206. The highest BCUT2D eigenvalue weighted by molar-refractivity contribution is 9.10. The molecule has 0 heterocycles. The van der Waals surface area contributed by atoms with Crippen LogP contribution in [0.4, 0.5) is 0 Å². The summed E-state index contributed by atoms with van der Waals surface area (Å²) in [6.07, 6.45) is 3.43. The van der Waals surface area contributed by atoms with Crippen LogP contribution in [0.3, 0.4) is 0 Å². The largest absolute Gasteiger partial charge is 0.271 e. The fourth-order valence-electron chi connectivity index (χ4n) is 1.74. The third-order valence-electron chi connectivity index (χ3n) is 2.75. The molecule has 0 aromatic heterocycles. The molecule has 2 aromatic rings. The maximum absolute atomic E-state index is 11.8. The van der Waals surface area contributed by atoms with E-state index in [-0.39, 0.29) is 5.91 Å². The number of hydrazone groups is 1. The fourth-order valence-corrected chi connectivity index (χ4v) is 2.14. The Morgan fingerprint density at radius 2 is 1.95 bits per heavy atom. The summed E-state index contributed by atoms with van der Waals surface area (Å²) in [6, 6.07) is 17.4. The van der Waals surface area contributed by atoms with Gasteiger partial charge in [-0.15, -0.1) is 0 Å². The second-order valence-electron chi connectivity index (χ2n) is 4.29. The first kappa shape index (κ1) is 14.5. The van der Waals surface area contributed by atoms with E-state index >= 15 is 0 Å². The van der Waals surface area contributed by atoms with E-state index in [1.165, 1.54) is 5.56 Å². The molecule has 0 aliphatic rings. The second-order valence-corrected chi connectivity index (χ2v) is 5.20. The number of hydrogen-bond acceptors (Lipinski definition) is 2. The zero-order valence-electron chi connectivity index (χ0n) is 10.9. The molecular weight excluding hydrogens is 316 g/mol. The molecule has 0 unspecified atom stereocenters. The molecule has 0 saturated carbocycles. The van der Waals surface area contributed by atoms with Gasteiger partial charge in [0.25, 0.3) is 5.91 Å². The molecule has 4 heteroatoms. The number of benzene rings is 2. The Morgan fingerprint density at radius 1 is 1.15 bits per heavy atom. The number of carbonyl (C=O) groups is 1. The summed E-state index contributed by atoms with van der Waals surface area (Å²) < 4.78 is 0.873. The summed E-state index contributed by atoms with van der Waals surface area (Å²) >= 11 is 3.33. The minimum Gasteiger partial charge on any atom is -0.267 e. The van der Waals surface area contributed by atoms with Gasteiger partial charge in [-0.1, -0.05) is 52.3 Å². The average Bonchev–Trinajstić information content (AvgIpc) is 2.48. The van der Waals surface area contributed by atoms with Crippen LogP contribution >= 0.6 is 15.9 Å². The predicted molar refractivity (Wildman–Crippen MR) is 84.9 cm³/mol. The van der Waals surface area contributed by atoms with E-state index in [0.717, 1.165) is 17.3 Å². The van der Waals surface area contributed by atoms with Crippen LogP contribution in [0.5, 0.6) is 0 Å². The fraction of sp³-hybridized carbons (Fsp3) is 0.125. The van der Waals surface area contributed by atoms with Gasteiger partial charge >= 0.3 is 0 Å². The number of nitrogens with one attached hydrogen (secondary N) is 1. The molecule has 2 aromatic carbocycles. The van der Waals surface area contributed by atoms with E-state index in [0.29, 0.717) is 5.56 Å². The Hall–Kier alpha value is -1.94. The van der Waals surface area contributed by atoms with Gasteiger partial charge in [-0.3, -0.25) is 4.79 Å². The summed E-state index contributed by atoms with van der Waals surface area (Å²) in [7, 11) is 0.